The number of hydrogen-bond donors (Lipinski definition) is 3. The number of nitrogens with one attached hydrogen (secondary N) is 1. The molecule has 3 N–H and O–H groups in total. The number of amides is 1. The van der Waals surface area contributed by atoms with Crippen molar-refractivity contribution in [1.82, 2.24) is 5.32 Å². The molecule has 0 fully saturated rings. The molecule has 0 aromatic rings. The Balaban J connectivity index is 4.28. The predicted molar refractivity (Wildman–Crippen MR) is 276 cm³/mol. The minimum absolute atomic E-state index is 0.0614. The average molecular weight is 912 g/mol. The monoisotopic (exact) mass is 912 g/mol. The van der Waals surface area contributed by atoms with E-state index in [1.807, 2.05) is 21.1 Å². The Morgan fingerprint density at radius 2 is 0.938 bits per heavy atom. The third-order valence-corrected chi connectivity index (χ3v) is 11.5. The van der Waals surface area contributed by atoms with Crippen LogP contribution in [0.2, 0.25) is 0 Å². The van der Waals surface area contributed by atoms with Crippen molar-refractivity contribution >= 4 is 13.7 Å². The Hall–Kier alpha value is -2.84. The molecule has 0 aliphatic carbocycles. The van der Waals surface area contributed by atoms with Gasteiger partial charge in [0.05, 0.1) is 39.9 Å². The lowest BCUT2D eigenvalue weighted by Crippen LogP contribution is -2.46. The predicted octanol–water partition coefficient (Wildman–Crippen LogP) is 14.9. The van der Waals surface area contributed by atoms with E-state index >= 15 is 0 Å². The van der Waals surface area contributed by atoms with Crippen LogP contribution in [0, 0.1) is 0 Å². The molecule has 0 rings (SSSR count). The van der Waals surface area contributed by atoms with E-state index in [9.17, 15) is 19.4 Å². The lowest BCUT2D eigenvalue weighted by Gasteiger charge is -2.26. The third kappa shape index (κ3) is 47.1. The van der Waals surface area contributed by atoms with Crippen molar-refractivity contribution in [2.24, 2.45) is 0 Å². The maximum absolute atomic E-state index is 12.9. The molecule has 0 bridgehead atoms. The van der Waals surface area contributed by atoms with Gasteiger partial charge in [0.25, 0.3) is 0 Å². The molecule has 366 valence electrons. The van der Waals surface area contributed by atoms with E-state index in [1.165, 1.54) is 51.4 Å². The third-order valence-electron chi connectivity index (χ3n) is 10.5. The molecule has 3 atom stereocenters. The first kappa shape index (κ1) is 61.2. The fraction of sp³-hybridized carbons (Fsp3) is 0.655. The normalized spacial score (nSPS) is 15.0. The number of rotatable bonds is 44. The number of allylic oxidation sites excluding steroid dienone is 18. The van der Waals surface area contributed by atoms with Crippen molar-refractivity contribution in [1.29, 1.82) is 0 Å². The van der Waals surface area contributed by atoms with Gasteiger partial charge in [0.1, 0.15) is 13.2 Å². The van der Waals surface area contributed by atoms with Gasteiger partial charge < -0.3 is 19.8 Å². The van der Waals surface area contributed by atoms with Crippen molar-refractivity contribution in [3.63, 3.8) is 0 Å². The molecule has 0 aliphatic rings. The summed E-state index contributed by atoms with van der Waals surface area (Å²) in [6.07, 6.45) is 65.6. The van der Waals surface area contributed by atoms with Gasteiger partial charge >= 0.3 is 7.82 Å². The first-order valence-electron chi connectivity index (χ1n) is 25.3. The lowest BCUT2D eigenvalue weighted by molar-refractivity contribution is -0.870. The Morgan fingerprint density at radius 1 is 0.547 bits per heavy atom. The Morgan fingerprint density at radius 3 is 1.36 bits per heavy atom. The highest BCUT2D eigenvalue weighted by atomic mass is 31.2. The molecule has 0 aromatic heterocycles. The van der Waals surface area contributed by atoms with E-state index in [-0.39, 0.29) is 19.1 Å². The van der Waals surface area contributed by atoms with Gasteiger partial charge in [-0.25, -0.2) is 4.57 Å². The summed E-state index contributed by atoms with van der Waals surface area (Å²) < 4.78 is 23.6. The molecular formula is C55H96N2O6P+. The Bertz CT molecular complexity index is 1400. The van der Waals surface area contributed by atoms with Crippen molar-refractivity contribution in [3.05, 3.63) is 109 Å². The zero-order valence-electron chi connectivity index (χ0n) is 41.5. The summed E-state index contributed by atoms with van der Waals surface area (Å²) in [5.41, 5.74) is 0. The van der Waals surface area contributed by atoms with Gasteiger partial charge in [-0.2, -0.15) is 0 Å². The summed E-state index contributed by atoms with van der Waals surface area (Å²) in [5, 5.41) is 13.9. The van der Waals surface area contributed by atoms with E-state index in [2.05, 4.69) is 129 Å². The molecule has 0 radical (unpaired) electrons. The second-order valence-corrected chi connectivity index (χ2v) is 19.3. The molecule has 0 saturated carbocycles. The van der Waals surface area contributed by atoms with Gasteiger partial charge in [0.15, 0.2) is 0 Å². The first-order valence-corrected chi connectivity index (χ1v) is 26.7. The fourth-order valence-electron chi connectivity index (χ4n) is 6.57. The zero-order valence-corrected chi connectivity index (χ0v) is 42.4. The number of nitrogens with zero attached hydrogens (tertiary/aromatic N) is 1. The minimum atomic E-state index is -4.33. The number of phosphoric ester groups is 1. The number of carbonyl (C=O) groups excluding carboxylic acids is 1. The molecule has 3 unspecified atom stereocenters. The van der Waals surface area contributed by atoms with E-state index in [0.29, 0.717) is 23.9 Å². The van der Waals surface area contributed by atoms with Gasteiger partial charge in [-0.05, 0) is 83.5 Å². The van der Waals surface area contributed by atoms with E-state index < -0.39 is 20.0 Å². The molecule has 64 heavy (non-hydrogen) atoms. The molecule has 0 heterocycles. The van der Waals surface area contributed by atoms with Crippen LogP contribution in [0.5, 0.6) is 0 Å². The van der Waals surface area contributed by atoms with Crippen LogP contribution in [0.3, 0.4) is 0 Å². The van der Waals surface area contributed by atoms with Crippen LogP contribution in [0.15, 0.2) is 109 Å². The molecular weight excluding hydrogens is 816 g/mol. The van der Waals surface area contributed by atoms with Crippen LogP contribution in [0.1, 0.15) is 181 Å². The van der Waals surface area contributed by atoms with Crippen LogP contribution in [-0.4, -0.2) is 73.4 Å². The van der Waals surface area contributed by atoms with Gasteiger partial charge in [-0.3, -0.25) is 13.8 Å². The Kier molecular flexibility index (Phi) is 43.3. The maximum atomic E-state index is 12.9. The maximum Gasteiger partial charge on any atom is 0.472 e. The zero-order chi connectivity index (χ0) is 47.1. The lowest BCUT2D eigenvalue weighted by atomic mass is 10.0. The van der Waals surface area contributed by atoms with Crippen LogP contribution in [0.25, 0.3) is 0 Å². The molecule has 0 aromatic carbocycles. The van der Waals surface area contributed by atoms with Crippen LogP contribution in [0.4, 0.5) is 0 Å². The Labute approximate surface area is 393 Å². The van der Waals surface area contributed by atoms with Crippen molar-refractivity contribution in [2.45, 2.75) is 193 Å². The van der Waals surface area contributed by atoms with Crippen LogP contribution >= 0.6 is 7.82 Å². The summed E-state index contributed by atoms with van der Waals surface area (Å²) in [4.78, 5) is 23.2. The molecule has 1 amide bonds. The number of phosphoric acid groups is 1. The number of quaternary nitrogens is 1. The van der Waals surface area contributed by atoms with Gasteiger partial charge in [0.2, 0.25) is 5.91 Å². The standard InChI is InChI=1S/C55H95N2O6P/c1-6-8-10-12-14-16-18-19-20-21-22-23-24-25-26-27-28-29-30-31-32-33-34-35-36-37-39-41-43-45-47-49-55(59)56-53(52-63-64(60,61)62-51-50-57(3,4)5)54(58)48-46-44-42-40-38-17-15-13-11-9-7-2/h8,10,14,16,19-20,22-23,25-26,28-29,31-32,34-35,37,39,53-54,58H,6-7,9,11-13,15,17-18,21,24,27,30,33,36,38,40-52H2,1-5H3,(H-,56,59,60,61)/p+1/b10-8-,16-14-,20-19-,23-22-,26-25-,29-28-,32-31-,35-34-,39-37-. The number of hydrogen-bond acceptors (Lipinski definition) is 5. The van der Waals surface area contributed by atoms with E-state index in [1.54, 1.807) is 0 Å². The van der Waals surface area contributed by atoms with Crippen molar-refractivity contribution < 1.29 is 32.9 Å². The molecule has 0 spiro atoms. The fourth-order valence-corrected chi connectivity index (χ4v) is 7.30. The van der Waals surface area contributed by atoms with Gasteiger partial charge in [0, 0.05) is 6.42 Å². The highest BCUT2D eigenvalue weighted by molar-refractivity contribution is 7.47. The van der Waals surface area contributed by atoms with Crippen LogP contribution < -0.4 is 5.32 Å². The molecule has 9 heteroatoms. The molecule has 8 nitrogen and oxygen atoms in total. The second-order valence-electron chi connectivity index (χ2n) is 17.8. The second kappa shape index (κ2) is 45.3. The van der Waals surface area contributed by atoms with Crippen molar-refractivity contribution in [3.8, 4) is 0 Å². The minimum Gasteiger partial charge on any atom is -0.391 e. The average Bonchev–Trinajstić information content (AvgIpc) is 3.25. The highest BCUT2D eigenvalue weighted by Gasteiger charge is 2.28. The number of unbranched alkanes of at least 4 members (excludes halogenated alkanes) is 13. The van der Waals surface area contributed by atoms with E-state index in [4.69, 9.17) is 9.05 Å². The number of aliphatic hydroxyl groups is 1. The largest absolute Gasteiger partial charge is 0.472 e. The summed E-state index contributed by atoms with van der Waals surface area (Å²) in [6, 6.07) is -0.785. The molecule has 0 aliphatic heterocycles. The summed E-state index contributed by atoms with van der Waals surface area (Å²) in [7, 11) is 1.57. The first-order chi connectivity index (χ1) is 31.0. The topological polar surface area (TPSA) is 105 Å². The quantitative estimate of drug-likeness (QED) is 0.0243. The molecule has 0 saturated heterocycles. The van der Waals surface area contributed by atoms with E-state index in [0.717, 1.165) is 103 Å². The summed E-state index contributed by atoms with van der Waals surface area (Å²) >= 11 is 0. The number of aliphatic hydroxyl groups excluding tert-OH is 1. The number of likely N-dealkylation sites (N-methyl/N-ethyl adjacent to an activating group) is 1. The summed E-state index contributed by atoms with van der Waals surface area (Å²) in [5.74, 6) is -0.183. The van der Waals surface area contributed by atoms with Gasteiger partial charge in [-0.15, -0.1) is 0 Å². The summed E-state index contributed by atoms with van der Waals surface area (Å²) in [6.45, 7) is 4.71. The number of carbonyl (C=O) groups is 1. The van der Waals surface area contributed by atoms with Gasteiger partial charge in [-0.1, -0.05) is 200 Å². The smallest absolute Gasteiger partial charge is 0.391 e. The SMILES string of the molecule is CC/C=C\C/C=C\C/C=C\C/C=C\C/C=C\C/C=C\C/C=C\C/C=C\C/C=C\CCCCCC(=O)NC(COP(=O)(O)OCC[N+](C)(C)C)C(O)CCCCCCCCCCCCC. The van der Waals surface area contributed by atoms with Crippen LogP contribution in [-0.2, 0) is 18.4 Å². The highest BCUT2D eigenvalue weighted by Crippen LogP contribution is 2.43. The van der Waals surface area contributed by atoms with Crippen molar-refractivity contribution in [2.75, 3.05) is 40.9 Å².